The third-order valence-electron chi connectivity index (χ3n) is 4.81. The van der Waals surface area contributed by atoms with Gasteiger partial charge in [0.15, 0.2) is 5.11 Å². The molecule has 3 rings (SSSR count). The van der Waals surface area contributed by atoms with E-state index in [0.717, 1.165) is 12.1 Å². The zero-order chi connectivity index (χ0) is 27.0. The van der Waals surface area contributed by atoms with Crippen molar-refractivity contribution in [2.75, 3.05) is 17.2 Å². The van der Waals surface area contributed by atoms with Crippen LogP contribution in [-0.2, 0) is 11.0 Å². The van der Waals surface area contributed by atoms with Crippen LogP contribution in [0.2, 0.25) is 10.0 Å². The largest absolute Gasteiger partial charge is 0.492 e. The number of carbonyl (C=O) groups is 2. The van der Waals surface area contributed by atoms with Crippen LogP contribution in [0.3, 0.4) is 0 Å². The number of alkyl halides is 3. The first-order valence-electron chi connectivity index (χ1n) is 10.8. The van der Waals surface area contributed by atoms with Gasteiger partial charge in [0.1, 0.15) is 5.75 Å². The molecule has 3 aromatic carbocycles. The molecular formula is C25H20Cl2F3N3O3S. The topological polar surface area (TPSA) is 79.5 Å². The third kappa shape index (κ3) is 8.92. The summed E-state index contributed by atoms with van der Waals surface area (Å²) in [6, 6.07) is 15.2. The van der Waals surface area contributed by atoms with Crippen LogP contribution in [0, 0.1) is 0 Å². The highest BCUT2D eigenvalue weighted by atomic mass is 35.5. The number of nitrogens with one attached hydrogen (secondary N) is 3. The summed E-state index contributed by atoms with van der Waals surface area (Å²) in [6.07, 6.45) is -3.94. The molecule has 12 heteroatoms. The first kappa shape index (κ1) is 28.2. The SMILES string of the molecule is O=C(CCCOc1ccc(Cl)cc1Cl)NC(=S)Nc1ccc(C(=O)Nc2cccc(C(F)(F)F)c2)cc1. The average Bonchev–Trinajstić information content (AvgIpc) is 2.83. The molecule has 0 spiro atoms. The second-order valence-electron chi connectivity index (χ2n) is 7.64. The number of benzene rings is 3. The van der Waals surface area contributed by atoms with Crippen LogP contribution in [0.1, 0.15) is 28.8 Å². The first-order valence-corrected chi connectivity index (χ1v) is 11.9. The minimum atomic E-state index is -4.51. The average molecular weight is 570 g/mol. The van der Waals surface area contributed by atoms with Crippen LogP contribution in [0.15, 0.2) is 66.7 Å². The quantitative estimate of drug-likeness (QED) is 0.202. The number of carbonyl (C=O) groups excluding carboxylic acids is 2. The Labute approximate surface area is 226 Å². The van der Waals surface area contributed by atoms with Gasteiger partial charge in [-0.25, -0.2) is 0 Å². The van der Waals surface area contributed by atoms with Gasteiger partial charge >= 0.3 is 6.18 Å². The predicted molar refractivity (Wildman–Crippen MR) is 141 cm³/mol. The smallest absolute Gasteiger partial charge is 0.416 e. The summed E-state index contributed by atoms with van der Waals surface area (Å²) in [7, 11) is 0. The van der Waals surface area contributed by atoms with Gasteiger partial charge in [0, 0.05) is 28.4 Å². The standard InChI is InChI=1S/C25H20Cl2F3N3O3S/c26-17-8-11-21(20(27)14-17)36-12-2-5-22(34)33-24(37)32-18-9-6-15(7-10-18)23(35)31-19-4-1-3-16(13-19)25(28,29)30/h1,3-4,6-11,13-14H,2,5,12H2,(H,31,35)(H2,32,33,34,37). The van der Waals surface area contributed by atoms with Crippen molar-refractivity contribution in [1.29, 1.82) is 0 Å². The maximum absolute atomic E-state index is 12.9. The van der Waals surface area contributed by atoms with E-state index in [1.807, 2.05) is 0 Å². The second kappa shape index (κ2) is 12.8. The van der Waals surface area contributed by atoms with Crippen LogP contribution in [0.5, 0.6) is 5.75 Å². The van der Waals surface area contributed by atoms with Crippen LogP contribution in [0.25, 0.3) is 0 Å². The molecular weight excluding hydrogens is 550 g/mol. The van der Waals surface area contributed by atoms with Gasteiger partial charge < -0.3 is 20.7 Å². The minimum Gasteiger partial charge on any atom is -0.492 e. The Balaban J connectivity index is 1.43. The summed E-state index contributed by atoms with van der Waals surface area (Å²) in [5, 5.41) is 8.73. The number of thiocarbonyl (C=S) groups is 1. The highest BCUT2D eigenvalue weighted by Gasteiger charge is 2.30. The Morgan fingerprint density at radius 1 is 0.919 bits per heavy atom. The van der Waals surface area contributed by atoms with Crippen molar-refractivity contribution >= 4 is 63.7 Å². The van der Waals surface area contributed by atoms with Crippen molar-refractivity contribution in [1.82, 2.24) is 5.32 Å². The van der Waals surface area contributed by atoms with Crippen LogP contribution >= 0.6 is 35.4 Å². The molecule has 0 radical (unpaired) electrons. The minimum absolute atomic E-state index is 0.0209. The van der Waals surface area contributed by atoms with Crippen molar-refractivity contribution in [3.63, 3.8) is 0 Å². The number of rotatable bonds is 8. The molecule has 0 aromatic heterocycles. The molecule has 0 bridgehead atoms. The molecule has 0 fully saturated rings. The predicted octanol–water partition coefficient (Wildman–Crippen LogP) is 6.94. The molecule has 6 nitrogen and oxygen atoms in total. The van der Waals surface area contributed by atoms with E-state index in [1.54, 1.807) is 30.3 Å². The number of anilines is 2. The molecule has 37 heavy (non-hydrogen) atoms. The van der Waals surface area contributed by atoms with Gasteiger partial charge in [-0.2, -0.15) is 13.2 Å². The first-order chi connectivity index (χ1) is 17.5. The summed E-state index contributed by atoms with van der Waals surface area (Å²) in [6.45, 7) is 0.263. The summed E-state index contributed by atoms with van der Waals surface area (Å²) >= 11 is 17.0. The lowest BCUT2D eigenvalue weighted by Gasteiger charge is -2.12. The van der Waals surface area contributed by atoms with E-state index >= 15 is 0 Å². The van der Waals surface area contributed by atoms with E-state index in [1.165, 1.54) is 24.3 Å². The highest BCUT2D eigenvalue weighted by molar-refractivity contribution is 7.80. The van der Waals surface area contributed by atoms with E-state index in [4.69, 9.17) is 40.2 Å². The Bertz CT molecular complexity index is 1290. The fourth-order valence-electron chi connectivity index (χ4n) is 3.04. The van der Waals surface area contributed by atoms with E-state index in [9.17, 15) is 22.8 Å². The zero-order valence-corrected chi connectivity index (χ0v) is 21.3. The van der Waals surface area contributed by atoms with E-state index < -0.39 is 17.6 Å². The molecule has 0 saturated carbocycles. The summed E-state index contributed by atoms with van der Waals surface area (Å²) in [4.78, 5) is 24.5. The number of ether oxygens (including phenoxy) is 1. The third-order valence-corrected chi connectivity index (χ3v) is 5.54. The van der Waals surface area contributed by atoms with Gasteiger partial charge in [0.25, 0.3) is 5.91 Å². The molecule has 0 heterocycles. The lowest BCUT2D eigenvalue weighted by atomic mass is 10.1. The fraction of sp³-hybridized carbons (Fsp3) is 0.160. The fourth-order valence-corrected chi connectivity index (χ4v) is 3.73. The van der Waals surface area contributed by atoms with Crippen molar-refractivity contribution in [2.45, 2.75) is 19.0 Å². The zero-order valence-electron chi connectivity index (χ0n) is 19.0. The highest BCUT2D eigenvalue weighted by Crippen LogP contribution is 2.31. The molecule has 0 aliphatic heterocycles. The molecule has 0 atom stereocenters. The molecule has 0 aliphatic carbocycles. The number of hydrogen-bond donors (Lipinski definition) is 3. The second-order valence-corrected chi connectivity index (χ2v) is 8.89. The normalized spacial score (nSPS) is 10.9. The van der Waals surface area contributed by atoms with Gasteiger partial charge in [-0.1, -0.05) is 29.3 Å². The van der Waals surface area contributed by atoms with Gasteiger partial charge in [-0.3, -0.25) is 9.59 Å². The molecule has 0 unspecified atom stereocenters. The Hall–Kier alpha value is -3.34. The van der Waals surface area contributed by atoms with Crippen molar-refractivity contribution in [3.05, 3.63) is 87.9 Å². The monoisotopic (exact) mass is 569 g/mol. The van der Waals surface area contributed by atoms with Crippen LogP contribution in [0.4, 0.5) is 24.5 Å². The number of halogens is 5. The summed E-state index contributed by atoms with van der Waals surface area (Å²) < 4.78 is 44.1. The summed E-state index contributed by atoms with van der Waals surface area (Å²) in [5.41, 5.74) is -0.119. The van der Waals surface area contributed by atoms with Crippen molar-refractivity contribution in [2.24, 2.45) is 0 Å². The van der Waals surface area contributed by atoms with Crippen LogP contribution in [-0.4, -0.2) is 23.5 Å². The molecule has 3 N–H and O–H groups in total. The van der Waals surface area contributed by atoms with Gasteiger partial charge in [0.2, 0.25) is 5.91 Å². The van der Waals surface area contributed by atoms with Crippen molar-refractivity contribution < 1.29 is 27.5 Å². The molecule has 2 amide bonds. The van der Waals surface area contributed by atoms with Gasteiger partial charge in [-0.05, 0) is 79.3 Å². The number of hydrogen-bond acceptors (Lipinski definition) is 4. The molecule has 194 valence electrons. The van der Waals surface area contributed by atoms with Crippen molar-refractivity contribution in [3.8, 4) is 5.75 Å². The maximum atomic E-state index is 12.9. The van der Waals surface area contributed by atoms with E-state index in [2.05, 4.69) is 16.0 Å². The Morgan fingerprint density at radius 2 is 1.65 bits per heavy atom. The molecule has 3 aromatic rings. The Kier molecular flexibility index (Phi) is 9.73. The summed E-state index contributed by atoms with van der Waals surface area (Å²) in [5.74, 6) is -0.431. The lowest BCUT2D eigenvalue weighted by Crippen LogP contribution is -2.34. The van der Waals surface area contributed by atoms with E-state index in [-0.39, 0.29) is 35.3 Å². The lowest BCUT2D eigenvalue weighted by molar-refractivity contribution is -0.137. The maximum Gasteiger partial charge on any atom is 0.416 e. The Morgan fingerprint density at radius 3 is 2.32 bits per heavy atom. The molecule has 0 aliphatic rings. The van der Waals surface area contributed by atoms with Gasteiger partial charge in [-0.15, -0.1) is 0 Å². The van der Waals surface area contributed by atoms with E-state index in [0.29, 0.717) is 27.9 Å². The molecule has 0 saturated heterocycles. The number of amides is 2. The van der Waals surface area contributed by atoms with Crippen LogP contribution < -0.4 is 20.7 Å². The van der Waals surface area contributed by atoms with Gasteiger partial charge in [0.05, 0.1) is 17.2 Å².